The average molecular weight is 343 g/mol. The predicted octanol–water partition coefficient (Wildman–Crippen LogP) is 4.27. The average Bonchev–Trinajstić information content (AvgIpc) is 2.40. The van der Waals surface area contributed by atoms with Crippen LogP contribution in [0.25, 0.3) is 0 Å². The molecule has 0 aromatic heterocycles. The summed E-state index contributed by atoms with van der Waals surface area (Å²) in [4.78, 5) is 0. The quantitative estimate of drug-likeness (QED) is 0.844. The molecular formula is C14H13BrClNO2. The predicted molar refractivity (Wildman–Crippen MR) is 80.9 cm³/mol. The summed E-state index contributed by atoms with van der Waals surface area (Å²) in [6.07, 6.45) is 0. The minimum absolute atomic E-state index is 0.408. The fourth-order valence-corrected chi connectivity index (χ4v) is 2.35. The Bertz CT molecular complexity index is 590. The molecule has 0 aliphatic heterocycles. The van der Waals surface area contributed by atoms with Gasteiger partial charge in [0, 0.05) is 11.8 Å². The smallest absolute Gasteiger partial charge is 0.140 e. The second-order valence-corrected chi connectivity index (χ2v) is 5.21. The highest BCUT2D eigenvalue weighted by Gasteiger charge is 2.05. The number of benzene rings is 2. The van der Waals surface area contributed by atoms with Gasteiger partial charge in [0.05, 0.1) is 16.6 Å². The van der Waals surface area contributed by atoms with Crippen LogP contribution in [-0.4, -0.2) is 7.11 Å². The SMILES string of the molecule is COc1ccc(COc2cc(N)ccc2Cl)cc1Br. The highest BCUT2D eigenvalue weighted by Crippen LogP contribution is 2.29. The van der Waals surface area contributed by atoms with E-state index in [9.17, 15) is 0 Å². The molecule has 2 N–H and O–H groups in total. The van der Waals surface area contributed by atoms with Gasteiger partial charge in [-0.3, -0.25) is 0 Å². The second kappa shape index (κ2) is 6.17. The Hall–Kier alpha value is -1.39. The molecule has 100 valence electrons. The van der Waals surface area contributed by atoms with Gasteiger partial charge < -0.3 is 15.2 Å². The van der Waals surface area contributed by atoms with Gasteiger partial charge in [0.15, 0.2) is 0 Å². The Balaban J connectivity index is 2.10. The van der Waals surface area contributed by atoms with Gasteiger partial charge in [0.2, 0.25) is 0 Å². The van der Waals surface area contributed by atoms with Gasteiger partial charge >= 0.3 is 0 Å². The molecule has 0 radical (unpaired) electrons. The highest BCUT2D eigenvalue weighted by molar-refractivity contribution is 9.10. The normalized spacial score (nSPS) is 10.3. The Morgan fingerprint density at radius 3 is 2.63 bits per heavy atom. The molecular weight excluding hydrogens is 330 g/mol. The molecule has 0 saturated carbocycles. The molecule has 0 aliphatic rings. The molecule has 0 amide bonds. The van der Waals surface area contributed by atoms with Gasteiger partial charge in [-0.1, -0.05) is 17.7 Å². The molecule has 0 atom stereocenters. The molecule has 5 heteroatoms. The number of hydrogen-bond acceptors (Lipinski definition) is 3. The van der Waals surface area contributed by atoms with E-state index in [2.05, 4.69) is 15.9 Å². The van der Waals surface area contributed by atoms with Crippen LogP contribution in [0.15, 0.2) is 40.9 Å². The van der Waals surface area contributed by atoms with Crippen LogP contribution < -0.4 is 15.2 Å². The van der Waals surface area contributed by atoms with Crippen LogP contribution >= 0.6 is 27.5 Å². The van der Waals surface area contributed by atoms with E-state index >= 15 is 0 Å². The van der Waals surface area contributed by atoms with E-state index in [1.165, 1.54) is 0 Å². The van der Waals surface area contributed by atoms with Crippen molar-refractivity contribution in [1.82, 2.24) is 0 Å². The largest absolute Gasteiger partial charge is 0.496 e. The molecule has 0 bridgehead atoms. The Morgan fingerprint density at radius 1 is 1.16 bits per heavy atom. The van der Waals surface area contributed by atoms with Crippen molar-refractivity contribution in [3.63, 3.8) is 0 Å². The summed E-state index contributed by atoms with van der Waals surface area (Å²) in [6, 6.07) is 10.9. The van der Waals surface area contributed by atoms with Gasteiger partial charge in [-0.2, -0.15) is 0 Å². The van der Waals surface area contributed by atoms with Crippen LogP contribution in [0.3, 0.4) is 0 Å². The standard InChI is InChI=1S/C14H13BrClNO2/c1-18-13-5-2-9(6-11(13)15)8-19-14-7-10(17)3-4-12(14)16/h2-7H,8,17H2,1H3. The van der Waals surface area contributed by atoms with Gasteiger partial charge in [0.1, 0.15) is 18.1 Å². The lowest BCUT2D eigenvalue weighted by molar-refractivity contribution is 0.306. The molecule has 2 aromatic rings. The molecule has 3 nitrogen and oxygen atoms in total. The fourth-order valence-electron chi connectivity index (χ4n) is 1.59. The molecule has 0 spiro atoms. The molecule has 0 saturated heterocycles. The van der Waals surface area contributed by atoms with E-state index < -0.39 is 0 Å². The maximum absolute atomic E-state index is 6.03. The summed E-state index contributed by atoms with van der Waals surface area (Å²) in [5.41, 5.74) is 7.32. The number of rotatable bonds is 4. The van der Waals surface area contributed by atoms with Gasteiger partial charge in [-0.25, -0.2) is 0 Å². The van der Waals surface area contributed by atoms with Crippen LogP contribution in [0.4, 0.5) is 5.69 Å². The van der Waals surface area contributed by atoms with E-state index in [1.54, 1.807) is 25.3 Å². The highest BCUT2D eigenvalue weighted by atomic mass is 79.9. The van der Waals surface area contributed by atoms with E-state index in [4.69, 9.17) is 26.8 Å². The van der Waals surface area contributed by atoms with Crippen LogP contribution in [0.2, 0.25) is 5.02 Å². The summed E-state index contributed by atoms with van der Waals surface area (Å²) < 4.78 is 11.7. The van der Waals surface area contributed by atoms with Crippen molar-refractivity contribution in [1.29, 1.82) is 0 Å². The topological polar surface area (TPSA) is 44.5 Å². The molecule has 0 heterocycles. The van der Waals surface area contributed by atoms with E-state index in [1.807, 2.05) is 18.2 Å². The zero-order valence-corrected chi connectivity index (χ0v) is 12.7. The lowest BCUT2D eigenvalue weighted by atomic mass is 10.2. The molecule has 0 aliphatic carbocycles. The van der Waals surface area contributed by atoms with Crippen LogP contribution in [0.1, 0.15) is 5.56 Å². The van der Waals surface area contributed by atoms with Crippen molar-refractivity contribution in [2.24, 2.45) is 0 Å². The monoisotopic (exact) mass is 341 g/mol. The molecule has 2 rings (SSSR count). The van der Waals surface area contributed by atoms with Crippen molar-refractivity contribution >= 4 is 33.2 Å². The summed E-state index contributed by atoms with van der Waals surface area (Å²) in [6.45, 7) is 0.408. The number of hydrogen-bond donors (Lipinski definition) is 1. The van der Waals surface area contributed by atoms with Crippen LogP contribution in [0.5, 0.6) is 11.5 Å². The number of nitrogens with two attached hydrogens (primary N) is 1. The summed E-state index contributed by atoms with van der Waals surface area (Å²) in [5, 5.41) is 0.543. The maximum Gasteiger partial charge on any atom is 0.140 e. The zero-order chi connectivity index (χ0) is 13.8. The number of halogens is 2. The maximum atomic E-state index is 6.03. The summed E-state index contributed by atoms with van der Waals surface area (Å²) in [5.74, 6) is 1.36. The lowest BCUT2D eigenvalue weighted by Crippen LogP contribution is -1.97. The van der Waals surface area contributed by atoms with Gasteiger partial charge in [0.25, 0.3) is 0 Å². The van der Waals surface area contributed by atoms with Crippen molar-refractivity contribution in [3.8, 4) is 11.5 Å². The van der Waals surface area contributed by atoms with Crippen molar-refractivity contribution < 1.29 is 9.47 Å². The minimum atomic E-state index is 0.408. The fraction of sp³-hybridized carbons (Fsp3) is 0.143. The van der Waals surface area contributed by atoms with Crippen LogP contribution in [-0.2, 0) is 6.61 Å². The first-order chi connectivity index (χ1) is 9.10. The van der Waals surface area contributed by atoms with Crippen molar-refractivity contribution in [2.45, 2.75) is 6.61 Å². The first kappa shape index (κ1) is 14.0. The first-order valence-corrected chi connectivity index (χ1v) is 6.77. The first-order valence-electron chi connectivity index (χ1n) is 5.60. The van der Waals surface area contributed by atoms with Crippen molar-refractivity contribution in [3.05, 3.63) is 51.5 Å². The zero-order valence-electron chi connectivity index (χ0n) is 10.3. The molecule has 0 unspecified atom stereocenters. The Labute approximate surface area is 125 Å². The molecule has 19 heavy (non-hydrogen) atoms. The third kappa shape index (κ3) is 3.55. The van der Waals surface area contributed by atoms with E-state index in [0.29, 0.717) is 23.1 Å². The Kier molecular flexibility index (Phi) is 4.56. The van der Waals surface area contributed by atoms with Gasteiger partial charge in [-0.05, 0) is 45.8 Å². The van der Waals surface area contributed by atoms with Crippen LogP contribution in [0, 0.1) is 0 Å². The summed E-state index contributed by atoms with van der Waals surface area (Å²) in [7, 11) is 1.63. The third-order valence-electron chi connectivity index (χ3n) is 2.57. The summed E-state index contributed by atoms with van der Waals surface area (Å²) >= 11 is 9.46. The van der Waals surface area contributed by atoms with E-state index in [0.717, 1.165) is 15.8 Å². The third-order valence-corrected chi connectivity index (χ3v) is 3.50. The number of methoxy groups -OCH3 is 1. The molecule has 2 aromatic carbocycles. The number of anilines is 1. The Morgan fingerprint density at radius 2 is 1.95 bits per heavy atom. The number of nitrogen functional groups attached to an aromatic ring is 1. The van der Waals surface area contributed by atoms with E-state index in [-0.39, 0.29) is 0 Å². The lowest BCUT2D eigenvalue weighted by Gasteiger charge is -2.10. The van der Waals surface area contributed by atoms with Crippen molar-refractivity contribution in [2.75, 3.05) is 12.8 Å². The molecule has 0 fully saturated rings. The second-order valence-electron chi connectivity index (χ2n) is 3.95. The minimum Gasteiger partial charge on any atom is -0.496 e. The van der Waals surface area contributed by atoms with Gasteiger partial charge in [-0.15, -0.1) is 0 Å². The number of ether oxygens (including phenoxy) is 2.